The summed E-state index contributed by atoms with van der Waals surface area (Å²) in [6.45, 7) is 1.98. The summed E-state index contributed by atoms with van der Waals surface area (Å²) in [6, 6.07) is 15.5. The number of carbonyl (C=O) groups is 1. The normalized spacial score (nSPS) is 17.0. The van der Waals surface area contributed by atoms with Gasteiger partial charge in [-0.05, 0) is 30.7 Å². The van der Waals surface area contributed by atoms with Gasteiger partial charge in [-0.15, -0.1) is 0 Å². The predicted molar refractivity (Wildman–Crippen MR) is 82.9 cm³/mol. The number of carbonyl (C=O) groups excluding carboxylic acids is 1. The highest BCUT2D eigenvalue weighted by molar-refractivity contribution is 6.00. The molecular formula is C17H15N3O. The standard InChI is InChI=1S/C17H15N3O/c1-11-8-16(21)20-15-7-3-6-14(17(15)19-11)13-5-2-4-12(9-13)10-18/h2-7,9,11,19H,8H2,1H3,(H,20,21)/t11-/m1/s1. The van der Waals surface area contributed by atoms with Gasteiger partial charge in [0.15, 0.2) is 0 Å². The topological polar surface area (TPSA) is 64.9 Å². The minimum atomic E-state index is 0.0108. The summed E-state index contributed by atoms with van der Waals surface area (Å²) in [5.41, 5.74) is 4.26. The van der Waals surface area contributed by atoms with E-state index < -0.39 is 0 Å². The van der Waals surface area contributed by atoms with Crippen LogP contribution in [0.15, 0.2) is 42.5 Å². The van der Waals surface area contributed by atoms with Crippen molar-refractivity contribution >= 4 is 17.3 Å². The Labute approximate surface area is 123 Å². The van der Waals surface area contributed by atoms with E-state index in [-0.39, 0.29) is 11.9 Å². The lowest BCUT2D eigenvalue weighted by atomic mass is 10.0. The molecule has 1 aliphatic heterocycles. The molecule has 0 bridgehead atoms. The van der Waals surface area contributed by atoms with Crippen molar-refractivity contribution in [3.05, 3.63) is 48.0 Å². The summed E-state index contributed by atoms with van der Waals surface area (Å²) >= 11 is 0. The largest absolute Gasteiger partial charge is 0.380 e. The highest BCUT2D eigenvalue weighted by atomic mass is 16.1. The van der Waals surface area contributed by atoms with Crippen molar-refractivity contribution in [2.24, 2.45) is 0 Å². The number of hydrogen-bond donors (Lipinski definition) is 2. The molecule has 2 aromatic carbocycles. The van der Waals surface area contributed by atoms with Gasteiger partial charge in [0.2, 0.25) is 5.91 Å². The maximum absolute atomic E-state index is 11.8. The third-order valence-corrected chi connectivity index (χ3v) is 3.52. The van der Waals surface area contributed by atoms with Crippen molar-refractivity contribution in [2.45, 2.75) is 19.4 Å². The van der Waals surface area contributed by atoms with Crippen LogP contribution in [0.1, 0.15) is 18.9 Å². The van der Waals surface area contributed by atoms with Crippen LogP contribution in [0.25, 0.3) is 11.1 Å². The fraction of sp³-hybridized carbons (Fsp3) is 0.176. The van der Waals surface area contributed by atoms with Gasteiger partial charge in [-0.1, -0.05) is 24.3 Å². The number of benzene rings is 2. The monoisotopic (exact) mass is 277 g/mol. The zero-order valence-corrected chi connectivity index (χ0v) is 11.7. The molecule has 1 heterocycles. The molecule has 4 heteroatoms. The SMILES string of the molecule is C[C@@H]1CC(=O)Nc2cccc(-c3cccc(C#N)c3)c2N1. The molecule has 104 valence electrons. The van der Waals surface area contributed by atoms with E-state index in [4.69, 9.17) is 5.26 Å². The van der Waals surface area contributed by atoms with Gasteiger partial charge >= 0.3 is 0 Å². The smallest absolute Gasteiger partial charge is 0.226 e. The van der Waals surface area contributed by atoms with Crippen LogP contribution in [0.5, 0.6) is 0 Å². The van der Waals surface area contributed by atoms with Crippen LogP contribution in [-0.2, 0) is 4.79 Å². The quantitative estimate of drug-likeness (QED) is 0.840. The Morgan fingerprint density at radius 3 is 2.86 bits per heavy atom. The molecule has 2 N–H and O–H groups in total. The Morgan fingerprint density at radius 1 is 1.24 bits per heavy atom. The Kier molecular flexibility index (Phi) is 3.33. The van der Waals surface area contributed by atoms with Gasteiger partial charge in [0, 0.05) is 18.0 Å². The zero-order chi connectivity index (χ0) is 14.8. The van der Waals surface area contributed by atoms with Crippen molar-refractivity contribution in [1.29, 1.82) is 5.26 Å². The third-order valence-electron chi connectivity index (χ3n) is 3.52. The molecular weight excluding hydrogens is 262 g/mol. The van der Waals surface area contributed by atoms with Gasteiger partial charge < -0.3 is 10.6 Å². The number of fused-ring (bicyclic) bond motifs is 1. The molecule has 0 fully saturated rings. The molecule has 1 atom stereocenters. The lowest BCUT2D eigenvalue weighted by Crippen LogP contribution is -2.19. The molecule has 0 saturated heterocycles. The van der Waals surface area contributed by atoms with Gasteiger partial charge in [0.1, 0.15) is 0 Å². The number of hydrogen-bond acceptors (Lipinski definition) is 3. The van der Waals surface area contributed by atoms with Crippen molar-refractivity contribution in [1.82, 2.24) is 0 Å². The average molecular weight is 277 g/mol. The van der Waals surface area contributed by atoms with Crippen molar-refractivity contribution in [3.8, 4) is 17.2 Å². The molecule has 0 radical (unpaired) electrons. The van der Waals surface area contributed by atoms with E-state index in [1.165, 1.54) is 0 Å². The van der Waals surface area contributed by atoms with Gasteiger partial charge in [-0.3, -0.25) is 4.79 Å². The number of rotatable bonds is 1. The second-order valence-corrected chi connectivity index (χ2v) is 5.22. The summed E-state index contributed by atoms with van der Waals surface area (Å²) in [5, 5.41) is 15.4. The minimum absolute atomic E-state index is 0.0108. The minimum Gasteiger partial charge on any atom is -0.380 e. The maximum Gasteiger partial charge on any atom is 0.226 e. The number of anilines is 2. The lowest BCUT2D eigenvalue weighted by molar-refractivity contribution is -0.116. The van der Waals surface area contributed by atoms with Crippen LogP contribution in [0.4, 0.5) is 11.4 Å². The van der Waals surface area contributed by atoms with E-state index in [9.17, 15) is 4.79 Å². The van der Waals surface area contributed by atoms with Gasteiger partial charge in [-0.25, -0.2) is 0 Å². The molecule has 1 aliphatic rings. The van der Waals surface area contributed by atoms with Crippen molar-refractivity contribution < 1.29 is 4.79 Å². The number of nitrogens with zero attached hydrogens (tertiary/aromatic N) is 1. The Balaban J connectivity index is 2.14. The zero-order valence-electron chi connectivity index (χ0n) is 11.7. The van der Waals surface area contributed by atoms with E-state index in [1.807, 2.05) is 43.3 Å². The lowest BCUT2D eigenvalue weighted by Gasteiger charge is -2.16. The van der Waals surface area contributed by atoms with Crippen LogP contribution in [-0.4, -0.2) is 11.9 Å². The molecule has 2 aromatic rings. The van der Waals surface area contributed by atoms with Gasteiger partial charge in [-0.2, -0.15) is 5.26 Å². The summed E-state index contributed by atoms with van der Waals surface area (Å²) in [6.07, 6.45) is 0.437. The first-order valence-electron chi connectivity index (χ1n) is 6.87. The van der Waals surface area contributed by atoms with Gasteiger partial charge in [0.25, 0.3) is 0 Å². The average Bonchev–Trinajstić information content (AvgIpc) is 2.63. The van der Waals surface area contributed by atoms with E-state index in [2.05, 4.69) is 16.7 Å². The summed E-state index contributed by atoms with van der Waals surface area (Å²) in [7, 11) is 0. The van der Waals surface area contributed by atoms with Crippen LogP contribution >= 0.6 is 0 Å². The molecule has 0 saturated carbocycles. The third kappa shape index (κ3) is 2.59. The molecule has 1 amide bonds. The predicted octanol–water partition coefficient (Wildman–Crippen LogP) is 3.37. The summed E-state index contributed by atoms with van der Waals surface area (Å²) in [5.74, 6) is 0.0108. The van der Waals surface area contributed by atoms with E-state index in [1.54, 1.807) is 6.07 Å². The first-order valence-corrected chi connectivity index (χ1v) is 6.87. The van der Waals surface area contributed by atoms with E-state index in [0.29, 0.717) is 12.0 Å². The fourth-order valence-electron chi connectivity index (χ4n) is 2.59. The first-order chi connectivity index (χ1) is 10.2. The van der Waals surface area contributed by atoms with Crippen LogP contribution < -0.4 is 10.6 Å². The molecule has 0 unspecified atom stereocenters. The number of amides is 1. The Hall–Kier alpha value is -2.80. The second kappa shape index (κ2) is 5.29. The number of para-hydroxylation sites is 1. The molecule has 21 heavy (non-hydrogen) atoms. The van der Waals surface area contributed by atoms with Crippen LogP contribution in [0.2, 0.25) is 0 Å². The summed E-state index contributed by atoms with van der Waals surface area (Å²) < 4.78 is 0. The van der Waals surface area contributed by atoms with Gasteiger partial charge in [0.05, 0.1) is 23.0 Å². The maximum atomic E-state index is 11.8. The Bertz CT molecular complexity index is 746. The summed E-state index contributed by atoms with van der Waals surface area (Å²) in [4.78, 5) is 11.8. The van der Waals surface area contributed by atoms with E-state index in [0.717, 1.165) is 22.5 Å². The molecule has 3 rings (SSSR count). The highest BCUT2D eigenvalue weighted by Gasteiger charge is 2.20. The van der Waals surface area contributed by atoms with Crippen LogP contribution in [0.3, 0.4) is 0 Å². The number of nitrogens with one attached hydrogen (secondary N) is 2. The van der Waals surface area contributed by atoms with Crippen molar-refractivity contribution in [2.75, 3.05) is 10.6 Å². The Morgan fingerprint density at radius 2 is 2.05 bits per heavy atom. The molecule has 0 aliphatic carbocycles. The fourth-order valence-corrected chi connectivity index (χ4v) is 2.59. The van der Waals surface area contributed by atoms with E-state index >= 15 is 0 Å². The second-order valence-electron chi connectivity index (χ2n) is 5.22. The first kappa shape index (κ1) is 13.2. The molecule has 4 nitrogen and oxygen atoms in total. The van der Waals surface area contributed by atoms with Crippen molar-refractivity contribution in [3.63, 3.8) is 0 Å². The molecule has 0 aromatic heterocycles. The number of nitriles is 1. The highest BCUT2D eigenvalue weighted by Crippen LogP contribution is 2.36. The molecule has 0 spiro atoms. The van der Waals surface area contributed by atoms with Crippen LogP contribution in [0, 0.1) is 11.3 Å².